The van der Waals surface area contributed by atoms with Gasteiger partial charge in [0.25, 0.3) is 0 Å². The van der Waals surface area contributed by atoms with E-state index in [1.807, 2.05) is 0 Å². The van der Waals surface area contributed by atoms with Gasteiger partial charge in [-0.25, -0.2) is 0 Å². The highest BCUT2D eigenvalue weighted by Crippen LogP contribution is 2.64. The number of rotatable bonds is 6. The van der Waals surface area contributed by atoms with Gasteiger partial charge in [-0.2, -0.15) is 0 Å². The minimum atomic E-state index is -2.00. The van der Waals surface area contributed by atoms with Crippen LogP contribution in [0.1, 0.15) is 69.2 Å². The molecule has 4 aliphatic rings. The Labute approximate surface area is 219 Å². The maximum absolute atomic E-state index is 2.60. The fourth-order valence-electron chi connectivity index (χ4n) is 6.54. The van der Waals surface area contributed by atoms with Gasteiger partial charge in [0.05, 0.1) is 8.07 Å². The Morgan fingerprint density at radius 3 is 1.11 bits per heavy atom. The van der Waals surface area contributed by atoms with Crippen LogP contribution >= 0.6 is 0 Å². The van der Waals surface area contributed by atoms with E-state index in [1.54, 1.807) is 11.1 Å². The van der Waals surface area contributed by atoms with Gasteiger partial charge < -0.3 is 0 Å². The molecule has 0 nitrogen and oxygen atoms in total. The van der Waals surface area contributed by atoms with Crippen LogP contribution in [0.2, 0.25) is 13.1 Å². The second-order valence-electron chi connectivity index (χ2n) is 12.8. The summed E-state index contributed by atoms with van der Waals surface area (Å²) in [6.07, 6.45) is 15.0. The van der Waals surface area contributed by atoms with Gasteiger partial charge >= 0.3 is 0 Å². The normalized spacial score (nSPS) is 25.1. The molecule has 0 atom stereocenters. The van der Waals surface area contributed by atoms with E-state index in [2.05, 4.69) is 119 Å². The second-order valence-corrected chi connectivity index (χ2v) is 17.0. The van der Waals surface area contributed by atoms with Crippen molar-refractivity contribution in [3.63, 3.8) is 0 Å². The first-order valence-corrected chi connectivity index (χ1v) is 16.7. The van der Waals surface area contributed by atoms with Crippen LogP contribution in [-0.2, 0) is 0 Å². The monoisotopic (exact) mass is 482 g/mol. The van der Waals surface area contributed by atoms with E-state index in [4.69, 9.17) is 0 Å². The Bertz CT molecular complexity index is 846. The summed E-state index contributed by atoms with van der Waals surface area (Å²) in [4.78, 5) is 0. The number of allylic oxidation sites excluding steroid dienone is 8. The van der Waals surface area contributed by atoms with Crippen molar-refractivity contribution in [1.82, 2.24) is 0 Å². The Kier molecular flexibility index (Phi) is 7.63. The summed E-state index contributed by atoms with van der Waals surface area (Å²) in [5.74, 6) is 11.1. The molecule has 0 spiro atoms. The van der Waals surface area contributed by atoms with Crippen molar-refractivity contribution in [2.24, 2.45) is 23.7 Å². The van der Waals surface area contributed by atoms with E-state index in [-0.39, 0.29) is 0 Å². The van der Waals surface area contributed by atoms with Crippen molar-refractivity contribution in [3.8, 4) is 0 Å². The van der Waals surface area contributed by atoms with Crippen molar-refractivity contribution >= 4 is 8.07 Å². The third-order valence-electron chi connectivity index (χ3n) is 8.35. The molecule has 2 fully saturated rings. The van der Waals surface area contributed by atoms with E-state index in [1.165, 1.54) is 57.8 Å². The highest BCUT2D eigenvalue weighted by atomic mass is 28.3. The molecular formula is C34H46Si. The molecule has 0 heterocycles. The van der Waals surface area contributed by atoms with Crippen molar-refractivity contribution in [1.29, 1.82) is 0 Å². The van der Waals surface area contributed by atoms with Gasteiger partial charge in [0.15, 0.2) is 0 Å². The first kappa shape index (κ1) is 27.2. The minimum Gasteiger partial charge on any atom is -0.0727 e. The largest absolute Gasteiger partial charge is 0.0727 e. The maximum Gasteiger partial charge on any atom is 0.0642 e. The molecule has 4 aliphatic carbocycles. The van der Waals surface area contributed by atoms with E-state index in [9.17, 15) is 0 Å². The highest BCUT2D eigenvalue weighted by molar-refractivity contribution is 6.90. The molecule has 2 saturated carbocycles. The Morgan fingerprint density at radius 2 is 0.829 bits per heavy atom. The summed E-state index contributed by atoms with van der Waals surface area (Å²) in [5.41, 5.74) is 9.27. The zero-order chi connectivity index (χ0) is 26.0. The zero-order valence-corrected chi connectivity index (χ0v) is 25.3. The molecule has 35 heavy (non-hydrogen) atoms. The average molecular weight is 483 g/mol. The topological polar surface area (TPSA) is 0 Å². The number of fused-ring (bicyclic) bond motifs is 2. The van der Waals surface area contributed by atoms with Crippen LogP contribution < -0.4 is 0 Å². The molecule has 0 aromatic rings. The molecule has 4 rings (SSSR count). The Hall–Kier alpha value is -0.823. The van der Waals surface area contributed by atoms with Crippen LogP contribution in [0.5, 0.6) is 0 Å². The fraction of sp³-hybridized carbons (Fsp3) is 0.471. The third-order valence-corrected chi connectivity index (χ3v) is 12.2. The predicted octanol–water partition coefficient (Wildman–Crippen LogP) is 9.20. The van der Waals surface area contributed by atoms with Gasteiger partial charge in [0.1, 0.15) is 0 Å². The zero-order valence-electron chi connectivity index (χ0n) is 24.3. The summed E-state index contributed by atoms with van der Waals surface area (Å²) in [5, 5.41) is 0. The van der Waals surface area contributed by atoms with Gasteiger partial charge in [-0.1, -0.05) is 118 Å². The van der Waals surface area contributed by atoms with Crippen LogP contribution in [0.3, 0.4) is 0 Å². The SMILES string of the molecule is C[C]1[CH][C]2[C](C=C(C(C)C)C=C2C(C)C)[C]1[Si](C)(C)[C]1[C](C)[CH][C]2[C]1C=C(C(C)C)C=C2C(C)C. The Balaban J connectivity index is 1.75. The Morgan fingerprint density at radius 1 is 0.486 bits per heavy atom. The van der Waals surface area contributed by atoms with Gasteiger partial charge in [-0.3, -0.25) is 0 Å². The van der Waals surface area contributed by atoms with Crippen molar-refractivity contribution in [2.45, 2.75) is 82.3 Å². The van der Waals surface area contributed by atoms with Crippen LogP contribution in [0, 0.1) is 83.1 Å². The summed E-state index contributed by atoms with van der Waals surface area (Å²) < 4.78 is 0. The van der Waals surface area contributed by atoms with Crippen molar-refractivity contribution in [3.05, 3.63) is 106 Å². The third kappa shape index (κ3) is 4.66. The first-order valence-electron chi connectivity index (χ1n) is 13.7. The summed E-state index contributed by atoms with van der Waals surface area (Å²) in [6.45, 7) is 28.6. The summed E-state index contributed by atoms with van der Waals surface area (Å²) in [7, 11) is -2.00. The molecular weight excluding hydrogens is 436 g/mol. The lowest BCUT2D eigenvalue weighted by atomic mass is 9.75. The van der Waals surface area contributed by atoms with E-state index in [0.29, 0.717) is 23.7 Å². The van der Waals surface area contributed by atoms with Crippen molar-refractivity contribution in [2.75, 3.05) is 0 Å². The molecule has 0 N–H and O–H groups in total. The first-order chi connectivity index (χ1) is 16.2. The van der Waals surface area contributed by atoms with Crippen LogP contribution in [-0.4, -0.2) is 8.07 Å². The number of hydrogen-bond acceptors (Lipinski definition) is 0. The van der Waals surface area contributed by atoms with Gasteiger partial charge in [0.2, 0.25) is 0 Å². The standard InChI is InChI=1S/C34H46Si/c1-19(2)25-15-27(21(5)6)29-13-23(9)33(31(29)17-25)35(11,12)34-24(10)14-30-28(22(7)8)16-26(20(3)4)18-32(30)34/h13-22H,1-12H3. The smallest absolute Gasteiger partial charge is 0.0642 e. The lowest BCUT2D eigenvalue weighted by molar-refractivity contribution is 0.724. The van der Waals surface area contributed by atoms with Crippen LogP contribution in [0.4, 0.5) is 0 Å². The molecule has 0 bridgehead atoms. The average Bonchev–Trinajstić information content (AvgIpc) is 3.27. The predicted molar refractivity (Wildman–Crippen MR) is 155 cm³/mol. The number of hydrogen-bond donors (Lipinski definition) is 0. The molecule has 0 aromatic heterocycles. The molecule has 0 aromatic carbocycles. The quantitative estimate of drug-likeness (QED) is 0.331. The van der Waals surface area contributed by atoms with Crippen LogP contribution in [0.15, 0.2) is 46.6 Å². The van der Waals surface area contributed by atoms with E-state index < -0.39 is 8.07 Å². The minimum absolute atomic E-state index is 0.527. The second kappa shape index (κ2) is 9.81. The molecule has 0 saturated heterocycles. The van der Waals surface area contributed by atoms with E-state index in [0.717, 1.165) is 0 Å². The van der Waals surface area contributed by atoms with Crippen LogP contribution in [0.25, 0.3) is 0 Å². The lowest BCUT2D eigenvalue weighted by Crippen LogP contribution is -2.48. The van der Waals surface area contributed by atoms with Gasteiger partial charge in [-0.15, -0.1) is 0 Å². The lowest BCUT2D eigenvalue weighted by Gasteiger charge is -2.45. The highest BCUT2D eigenvalue weighted by Gasteiger charge is 2.60. The van der Waals surface area contributed by atoms with Gasteiger partial charge in [-0.05, 0) is 70.6 Å². The maximum atomic E-state index is 2.60. The molecule has 0 aliphatic heterocycles. The fourth-order valence-corrected chi connectivity index (χ4v) is 10.7. The summed E-state index contributed by atoms with van der Waals surface area (Å²) >= 11 is 0. The molecule has 10 radical (unpaired) electrons. The molecule has 186 valence electrons. The van der Waals surface area contributed by atoms with E-state index >= 15 is 0 Å². The van der Waals surface area contributed by atoms with Crippen molar-refractivity contribution < 1.29 is 0 Å². The molecule has 0 amide bonds. The molecule has 0 unspecified atom stereocenters. The summed E-state index contributed by atoms with van der Waals surface area (Å²) in [6, 6.07) is 0. The molecule has 1 heteroatoms. The van der Waals surface area contributed by atoms with Gasteiger partial charge in [0, 0.05) is 23.7 Å².